The molecular weight excluding hydrogens is 294 g/mol. The Morgan fingerprint density at radius 3 is 2.05 bits per heavy atom. The number of ketones is 1. The van der Waals surface area contributed by atoms with Crippen molar-refractivity contribution in [2.75, 3.05) is 0 Å². The molecule has 0 aromatic heterocycles. The Bertz CT molecular complexity index is 492. The van der Waals surface area contributed by atoms with Gasteiger partial charge in [0.1, 0.15) is 5.78 Å². The molecule has 0 aliphatic rings. The molecule has 0 heterocycles. The van der Waals surface area contributed by atoms with Gasteiger partial charge in [0.25, 0.3) is 0 Å². The van der Waals surface area contributed by atoms with Gasteiger partial charge in [0, 0.05) is 12.0 Å². The van der Waals surface area contributed by atoms with Gasteiger partial charge in [0.15, 0.2) is 11.5 Å². The highest BCUT2D eigenvalue weighted by atomic mass is 19.4. The summed E-state index contributed by atoms with van der Waals surface area (Å²) < 4.78 is 80.0. The molecule has 0 saturated heterocycles. The third kappa shape index (κ3) is 5.37. The maximum Gasteiger partial charge on any atom is 0.573 e. The van der Waals surface area contributed by atoms with Crippen molar-refractivity contribution in [2.24, 2.45) is 0 Å². The monoisotopic (exact) mass is 302 g/mol. The van der Waals surface area contributed by atoms with Gasteiger partial charge in [0.05, 0.1) is 0 Å². The molecule has 0 atom stereocenters. The van der Waals surface area contributed by atoms with Crippen molar-refractivity contribution < 1.29 is 40.6 Å². The number of alkyl halides is 6. The van der Waals surface area contributed by atoms with E-state index in [0.717, 1.165) is 19.1 Å². The molecule has 1 rings (SSSR count). The summed E-state index contributed by atoms with van der Waals surface area (Å²) in [6.45, 7) is 1.08. The number of para-hydroxylation sites is 1. The van der Waals surface area contributed by atoms with Crippen LogP contribution in [0.25, 0.3) is 0 Å². The molecule has 0 radical (unpaired) electrons. The molecule has 0 aliphatic carbocycles. The molecule has 9 heteroatoms. The summed E-state index contributed by atoms with van der Waals surface area (Å²) in [6, 6.07) is 2.74. The summed E-state index contributed by atoms with van der Waals surface area (Å²) in [6.07, 6.45) is -10.9. The molecule has 0 fully saturated rings. The van der Waals surface area contributed by atoms with Crippen molar-refractivity contribution in [3.63, 3.8) is 0 Å². The lowest BCUT2D eigenvalue weighted by Gasteiger charge is -2.17. The van der Waals surface area contributed by atoms with Crippen molar-refractivity contribution in [3.8, 4) is 11.5 Å². The summed E-state index contributed by atoms with van der Waals surface area (Å²) in [7, 11) is 0. The van der Waals surface area contributed by atoms with Crippen LogP contribution in [0.15, 0.2) is 18.2 Å². The summed E-state index contributed by atoms with van der Waals surface area (Å²) in [4.78, 5) is 10.9. The highest BCUT2D eigenvalue weighted by Gasteiger charge is 2.37. The number of rotatable bonds is 4. The lowest BCUT2D eigenvalue weighted by atomic mass is 10.1. The van der Waals surface area contributed by atoms with E-state index >= 15 is 0 Å². The summed E-state index contributed by atoms with van der Waals surface area (Å²) in [5, 5.41) is 0. The van der Waals surface area contributed by atoms with Crippen LogP contribution < -0.4 is 9.47 Å². The Labute approximate surface area is 109 Å². The normalized spacial score (nSPS) is 12.2. The van der Waals surface area contributed by atoms with Crippen molar-refractivity contribution >= 4 is 5.78 Å². The molecule has 1 aromatic carbocycles. The number of hydrogen-bond donors (Lipinski definition) is 0. The van der Waals surface area contributed by atoms with E-state index in [1.54, 1.807) is 0 Å². The van der Waals surface area contributed by atoms with Crippen LogP contribution in [-0.2, 0) is 11.2 Å². The number of benzene rings is 1. The zero-order valence-electron chi connectivity index (χ0n) is 9.93. The fourth-order valence-electron chi connectivity index (χ4n) is 1.41. The highest BCUT2D eigenvalue weighted by Crippen LogP contribution is 2.38. The predicted octanol–water partition coefficient (Wildman–Crippen LogP) is 3.62. The van der Waals surface area contributed by atoms with Crippen LogP contribution in [0.4, 0.5) is 26.3 Å². The largest absolute Gasteiger partial charge is 0.573 e. The maximum absolute atomic E-state index is 12.2. The van der Waals surface area contributed by atoms with Crippen molar-refractivity contribution in [2.45, 2.75) is 26.1 Å². The summed E-state index contributed by atoms with van der Waals surface area (Å²) in [5.74, 6) is -2.87. The van der Waals surface area contributed by atoms with Gasteiger partial charge >= 0.3 is 12.7 Å². The molecule has 0 amide bonds. The van der Waals surface area contributed by atoms with E-state index < -0.39 is 36.4 Å². The molecule has 0 saturated carbocycles. The molecule has 0 aliphatic heterocycles. The lowest BCUT2D eigenvalue weighted by molar-refractivity contribution is -0.287. The van der Waals surface area contributed by atoms with Gasteiger partial charge in [-0.1, -0.05) is 12.1 Å². The first-order valence-corrected chi connectivity index (χ1v) is 5.11. The maximum atomic E-state index is 12.2. The second kappa shape index (κ2) is 5.59. The first-order chi connectivity index (χ1) is 8.98. The first-order valence-electron chi connectivity index (χ1n) is 5.11. The third-order valence-corrected chi connectivity index (χ3v) is 1.94. The molecule has 1 aromatic rings. The van der Waals surface area contributed by atoms with Gasteiger partial charge in [-0.05, 0) is 13.0 Å². The van der Waals surface area contributed by atoms with Gasteiger partial charge in [-0.2, -0.15) is 0 Å². The van der Waals surface area contributed by atoms with Gasteiger partial charge in [-0.15, -0.1) is 26.3 Å². The Morgan fingerprint density at radius 1 is 1.05 bits per heavy atom. The molecule has 0 N–H and O–H groups in total. The molecule has 0 bridgehead atoms. The minimum absolute atomic E-state index is 0.350. The van der Waals surface area contributed by atoms with E-state index in [9.17, 15) is 31.1 Å². The topological polar surface area (TPSA) is 35.5 Å². The van der Waals surface area contributed by atoms with E-state index in [1.807, 2.05) is 0 Å². The fourth-order valence-corrected chi connectivity index (χ4v) is 1.41. The van der Waals surface area contributed by atoms with E-state index in [1.165, 1.54) is 0 Å². The Morgan fingerprint density at radius 2 is 1.60 bits per heavy atom. The van der Waals surface area contributed by atoms with Crippen LogP contribution in [0.3, 0.4) is 0 Å². The SMILES string of the molecule is CC(=O)Cc1cccc(OC(F)(F)F)c1OC(F)(F)F. The Kier molecular flexibility index (Phi) is 4.51. The lowest BCUT2D eigenvalue weighted by Crippen LogP contribution is -2.22. The number of carbonyl (C=O) groups excluding carboxylic acids is 1. The second-order valence-corrected chi connectivity index (χ2v) is 3.72. The minimum atomic E-state index is -5.21. The number of hydrogen-bond acceptors (Lipinski definition) is 3. The molecule has 0 spiro atoms. The van der Waals surface area contributed by atoms with Gasteiger partial charge < -0.3 is 9.47 Å². The van der Waals surface area contributed by atoms with Crippen molar-refractivity contribution in [1.29, 1.82) is 0 Å². The fraction of sp³-hybridized carbons (Fsp3) is 0.364. The van der Waals surface area contributed by atoms with Gasteiger partial charge in [-0.3, -0.25) is 4.79 Å². The minimum Gasteiger partial charge on any atom is -0.402 e. The Balaban J connectivity index is 3.24. The molecule has 20 heavy (non-hydrogen) atoms. The average Bonchev–Trinajstić information content (AvgIpc) is 2.18. The van der Waals surface area contributed by atoms with Crippen LogP contribution >= 0.6 is 0 Å². The van der Waals surface area contributed by atoms with Gasteiger partial charge in [-0.25, -0.2) is 0 Å². The van der Waals surface area contributed by atoms with Crippen LogP contribution in [-0.4, -0.2) is 18.5 Å². The molecule has 0 unspecified atom stereocenters. The van der Waals surface area contributed by atoms with Gasteiger partial charge in [0.2, 0.25) is 0 Å². The quantitative estimate of drug-likeness (QED) is 0.797. The van der Waals surface area contributed by atoms with E-state index in [2.05, 4.69) is 9.47 Å². The smallest absolute Gasteiger partial charge is 0.402 e. The number of carbonyl (C=O) groups is 1. The van der Waals surface area contributed by atoms with Crippen LogP contribution in [0.2, 0.25) is 0 Å². The first kappa shape index (κ1) is 16.1. The number of halogens is 6. The average molecular weight is 302 g/mol. The van der Waals surface area contributed by atoms with Crippen LogP contribution in [0.5, 0.6) is 11.5 Å². The number of ether oxygens (including phenoxy) is 2. The van der Waals surface area contributed by atoms with Crippen molar-refractivity contribution in [1.82, 2.24) is 0 Å². The van der Waals surface area contributed by atoms with E-state index in [4.69, 9.17) is 0 Å². The zero-order valence-corrected chi connectivity index (χ0v) is 9.93. The summed E-state index contributed by atoms with van der Waals surface area (Å²) >= 11 is 0. The van der Waals surface area contributed by atoms with E-state index in [0.29, 0.717) is 6.07 Å². The predicted molar refractivity (Wildman–Crippen MR) is 54.2 cm³/mol. The third-order valence-electron chi connectivity index (χ3n) is 1.94. The highest BCUT2D eigenvalue weighted by molar-refractivity contribution is 5.79. The van der Waals surface area contributed by atoms with Crippen LogP contribution in [0.1, 0.15) is 12.5 Å². The second-order valence-electron chi connectivity index (χ2n) is 3.72. The molecule has 112 valence electrons. The van der Waals surface area contributed by atoms with Crippen LogP contribution in [0, 0.1) is 0 Å². The standard InChI is InChI=1S/C11H8F6O3/c1-6(18)5-7-3-2-4-8(19-10(12,13)14)9(7)20-11(15,16)17/h2-4H,5H2,1H3. The zero-order chi connectivity index (χ0) is 15.6. The summed E-state index contributed by atoms with van der Waals surface area (Å²) in [5.41, 5.74) is -0.350. The molecular formula is C11H8F6O3. The molecule has 3 nitrogen and oxygen atoms in total. The number of Topliss-reactive ketones (excluding diaryl/α,β-unsaturated/α-hetero) is 1. The Hall–Kier alpha value is -1.93. The van der Waals surface area contributed by atoms with E-state index in [-0.39, 0.29) is 5.56 Å². The van der Waals surface area contributed by atoms with Crippen molar-refractivity contribution in [3.05, 3.63) is 23.8 Å².